The topological polar surface area (TPSA) is 20.3 Å². The number of hydrogen-bond donors (Lipinski definition) is 0. The van der Waals surface area contributed by atoms with Crippen molar-refractivity contribution in [1.82, 2.24) is 4.90 Å². The van der Waals surface area contributed by atoms with E-state index < -0.39 is 0 Å². The van der Waals surface area contributed by atoms with Crippen molar-refractivity contribution in [2.75, 3.05) is 0 Å². The zero-order valence-corrected chi connectivity index (χ0v) is 13.0. The van der Waals surface area contributed by atoms with Gasteiger partial charge in [0.05, 0.1) is 0 Å². The number of likely N-dealkylation sites (tertiary alicyclic amines) is 1. The van der Waals surface area contributed by atoms with Crippen LogP contribution in [0.25, 0.3) is 0 Å². The summed E-state index contributed by atoms with van der Waals surface area (Å²) >= 11 is 0. The zero-order valence-electron chi connectivity index (χ0n) is 13.0. The number of amides is 1. The first-order valence-electron chi connectivity index (χ1n) is 7.70. The fraction of sp³-hybridized carbons (Fsp3) is 0.938. The Morgan fingerprint density at radius 2 is 1.50 bits per heavy atom. The molecule has 1 fully saturated rings. The van der Waals surface area contributed by atoms with Crippen molar-refractivity contribution in [3.63, 3.8) is 0 Å². The van der Waals surface area contributed by atoms with Crippen molar-refractivity contribution < 1.29 is 4.79 Å². The number of carbonyl (C=O) groups excluding carboxylic acids is 1. The van der Waals surface area contributed by atoms with E-state index in [0.29, 0.717) is 24.4 Å². The Hall–Kier alpha value is -0.530. The summed E-state index contributed by atoms with van der Waals surface area (Å²) in [5.74, 6) is 0.386. The van der Waals surface area contributed by atoms with E-state index in [2.05, 4.69) is 39.5 Å². The minimum atomic E-state index is 0.104. The molecule has 0 aromatic carbocycles. The summed E-state index contributed by atoms with van der Waals surface area (Å²) in [5.41, 5.74) is 0.104. The summed E-state index contributed by atoms with van der Waals surface area (Å²) in [6.45, 7) is 10.9. The Morgan fingerprint density at radius 3 is 1.83 bits per heavy atom. The van der Waals surface area contributed by atoms with Crippen molar-refractivity contribution in [2.45, 2.75) is 91.6 Å². The van der Waals surface area contributed by atoms with Crippen LogP contribution in [0.3, 0.4) is 0 Å². The minimum Gasteiger partial charge on any atom is -0.337 e. The van der Waals surface area contributed by atoms with E-state index in [1.54, 1.807) is 0 Å². The van der Waals surface area contributed by atoms with Gasteiger partial charge in [-0.1, -0.05) is 47.5 Å². The molecule has 0 radical (unpaired) electrons. The van der Waals surface area contributed by atoms with Gasteiger partial charge in [0.25, 0.3) is 0 Å². The molecule has 0 N–H and O–H groups in total. The smallest absolute Gasteiger partial charge is 0.223 e. The van der Waals surface area contributed by atoms with Crippen LogP contribution in [0.1, 0.15) is 79.6 Å². The molecule has 0 spiro atoms. The fourth-order valence-electron chi connectivity index (χ4n) is 3.15. The Kier molecular flexibility index (Phi) is 5.68. The van der Waals surface area contributed by atoms with Crippen LogP contribution in [-0.2, 0) is 4.79 Å². The fourth-order valence-corrected chi connectivity index (χ4v) is 3.15. The number of carbonyl (C=O) groups is 1. The van der Waals surface area contributed by atoms with Crippen LogP contribution < -0.4 is 0 Å². The molecule has 0 aromatic heterocycles. The van der Waals surface area contributed by atoms with E-state index in [4.69, 9.17) is 0 Å². The summed E-state index contributed by atoms with van der Waals surface area (Å²) in [4.78, 5) is 14.8. The van der Waals surface area contributed by atoms with Gasteiger partial charge >= 0.3 is 0 Å². The van der Waals surface area contributed by atoms with Gasteiger partial charge in [0.15, 0.2) is 0 Å². The van der Waals surface area contributed by atoms with Crippen molar-refractivity contribution in [2.24, 2.45) is 5.41 Å². The summed E-state index contributed by atoms with van der Waals surface area (Å²) in [5, 5.41) is 0. The van der Waals surface area contributed by atoms with Crippen molar-refractivity contribution >= 4 is 5.91 Å². The van der Waals surface area contributed by atoms with Crippen LogP contribution in [0, 0.1) is 5.41 Å². The molecule has 1 amide bonds. The summed E-state index contributed by atoms with van der Waals surface area (Å²) < 4.78 is 0. The van der Waals surface area contributed by atoms with Gasteiger partial charge in [0, 0.05) is 18.5 Å². The second-order valence-electron chi connectivity index (χ2n) is 7.00. The highest BCUT2D eigenvalue weighted by atomic mass is 16.2. The predicted molar refractivity (Wildman–Crippen MR) is 77.5 cm³/mol. The summed E-state index contributed by atoms with van der Waals surface area (Å²) in [6.07, 6.45) is 7.84. The van der Waals surface area contributed by atoms with Gasteiger partial charge in [0.1, 0.15) is 0 Å². The summed E-state index contributed by atoms with van der Waals surface area (Å²) in [6, 6.07) is 1.03. The lowest BCUT2D eigenvalue weighted by molar-refractivity contribution is -0.136. The molecule has 2 nitrogen and oxygen atoms in total. The first kappa shape index (κ1) is 15.5. The molecule has 0 bridgehead atoms. The standard InChI is InChI=1S/C16H31NO/c1-6-8-13-10-11-14(9-7-2)17(13)15(18)12-16(3,4)5/h13-14H,6-12H2,1-5H3. The van der Waals surface area contributed by atoms with Crippen molar-refractivity contribution in [3.8, 4) is 0 Å². The van der Waals surface area contributed by atoms with Gasteiger partial charge in [-0.15, -0.1) is 0 Å². The molecule has 1 rings (SSSR count). The minimum absolute atomic E-state index is 0.104. The van der Waals surface area contributed by atoms with Crippen LogP contribution in [-0.4, -0.2) is 22.9 Å². The van der Waals surface area contributed by atoms with E-state index in [1.165, 1.54) is 38.5 Å². The van der Waals surface area contributed by atoms with Gasteiger partial charge in [-0.2, -0.15) is 0 Å². The highest BCUT2D eigenvalue weighted by molar-refractivity contribution is 5.77. The van der Waals surface area contributed by atoms with E-state index in [-0.39, 0.29) is 5.41 Å². The molecule has 2 heteroatoms. The third kappa shape index (κ3) is 4.29. The molecule has 18 heavy (non-hydrogen) atoms. The zero-order chi connectivity index (χ0) is 13.8. The quantitative estimate of drug-likeness (QED) is 0.712. The highest BCUT2D eigenvalue weighted by Gasteiger charge is 2.36. The largest absolute Gasteiger partial charge is 0.337 e. The first-order valence-corrected chi connectivity index (χ1v) is 7.70. The number of nitrogens with zero attached hydrogens (tertiary/aromatic N) is 1. The summed E-state index contributed by atoms with van der Waals surface area (Å²) in [7, 11) is 0. The molecule has 1 aliphatic heterocycles. The molecule has 1 saturated heterocycles. The number of rotatable bonds is 5. The average Bonchev–Trinajstić information content (AvgIpc) is 2.60. The van der Waals surface area contributed by atoms with E-state index >= 15 is 0 Å². The van der Waals surface area contributed by atoms with Crippen LogP contribution in [0.5, 0.6) is 0 Å². The lowest BCUT2D eigenvalue weighted by atomic mass is 9.91. The third-order valence-electron chi connectivity index (χ3n) is 3.83. The SMILES string of the molecule is CCCC1CCC(CCC)N1C(=O)CC(C)(C)C. The van der Waals surface area contributed by atoms with Gasteiger partial charge in [-0.25, -0.2) is 0 Å². The monoisotopic (exact) mass is 253 g/mol. The molecule has 2 unspecified atom stereocenters. The maximum absolute atomic E-state index is 12.6. The highest BCUT2D eigenvalue weighted by Crippen LogP contribution is 2.32. The van der Waals surface area contributed by atoms with Gasteiger partial charge in [-0.3, -0.25) is 4.79 Å². The average molecular weight is 253 g/mol. The third-order valence-corrected chi connectivity index (χ3v) is 3.83. The number of hydrogen-bond acceptors (Lipinski definition) is 1. The van der Waals surface area contributed by atoms with Gasteiger partial charge in [-0.05, 0) is 31.1 Å². The van der Waals surface area contributed by atoms with E-state index in [1.807, 2.05) is 0 Å². The molecule has 2 atom stereocenters. The van der Waals surface area contributed by atoms with Crippen LogP contribution in [0.4, 0.5) is 0 Å². The van der Waals surface area contributed by atoms with Crippen molar-refractivity contribution in [3.05, 3.63) is 0 Å². The lowest BCUT2D eigenvalue weighted by Crippen LogP contribution is -2.42. The van der Waals surface area contributed by atoms with Gasteiger partial charge < -0.3 is 4.90 Å². The molecular formula is C16H31NO. The van der Waals surface area contributed by atoms with Crippen LogP contribution in [0.2, 0.25) is 0 Å². The van der Waals surface area contributed by atoms with Crippen LogP contribution >= 0.6 is 0 Å². The maximum atomic E-state index is 12.6. The van der Waals surface area contributed by atoms with Crippen LogP contribution in [0.15, 0.2) is 0 Å². The molecule has 0 aromatic rings. The maximum Gasteiger partial charge on any atom is 0.223 e. The Morgan fingerprint density at radius 1 is 1.06 bits per heavy atom. The second-order valence-corrected chi connectivity index (χ2v) is 7.00. The lowest BCUT2D eigenvalue weighted by Gasteiger charge is -2.33. The normalized spacial score (nSPS) is 24.6. The van der Waals surface area contributed by atoms with Gasteiger partial charge in [0.2, 0.25) is 5.91 Å². The van der Waals surface area contributed by atoms with E-state index in [0.717, 1.165) is 0 Å². The molecular weight excluding hydrogens is 222 g/mol. The van der Waals surface area contributed by atoms with E-state index in [9.17, 15) is 4.79 Å². The molecule has 1 aliphatic rings. The molecule has 106 valence electrons. The molecule has 0 aliphatic carbocycles. The Labute approximate surface area is 113 Å². The molecule has 0 saturated carbocycles. The second kappa shape index (κ2) is 6.58. The predicted octanol–water partition coefficient (Wildman–Crippen LogP) is 4.38. The Balaban J connectivity index is 2.72. The first-order chi connectivity index (χ1) is 8.39. The molecule has 1 heterocycles. The Bertz CT molecular complexity index is 253. The van der Waals surface area contributed by atoms with Crippen molar-refractivity contribution in [1.29, 1.82) is 0 Å².